The van der Waals surface area contributed by atoms with Gasteiger partial charge in [-0.05, 0) is 40.2 Å². The van der Waals surface area contributed by atoms with Crippen molar-refractivity contribution in [2.75, 3.05) is 31.0 Å². The average molecular weight is 495 g/mol. The maximum Gasteiger partial charge on any atom is 0.276 e. The summed E-state index contributed by atoms with van der Waals surface area (Å²) in [6, 6.07) is 16.6. The number of halogens is 1. The highest BCUT2D eigenvalue weighted by molar-refractivity contribution is 9.10. The van der Waals surface area contributed by atoms with Gasteiger partial charge in [0.05, 0.1) is 40.3 Å². The zero-order valence-electron chi connectivity index (χ0n) is 16.0. The lowest BCUT2D eigenvalue weighted by molar-refractivity contribution is 0.0299. The molecule has 0 spiro atoms. The molecule has 2 aromatic carbocycles. The van der Waals surface area contributed by atoms with E-state index in [2.05, 4.69) is 25.8 Å². The van der Waals surface area contributed by atoms with E-state index in [1.165, 1.54) is 0 Å². The summed E-state index contributed by atoms with van der Waals surface area (Å²) >= 11 is 3.43. The van der Waals surface area contributed by atoms with Gasteiger partial charge in [0.25, 0.3) is 5.91 Å². The van der Waals surface area contributed by atoms with Gasteiger partial charge in [-0.2, -0.15) is 5.10 Å². The zero-order chi connectivity index (χ0) is 21.1. The van der Waals surface area contributed by atoms with Crippen molar-refractivity contribution in [2.45, 2.75) is 4.90 Å². The Bertz CT molecular complexity index is 1040. The van der Waals surface area contributed by atoms with Gasteiger partial charge in [0, 0.05) is 13.1 Å². The van der Waals surface area contributed by atoms with Gasteiger partial charge >= 0.3 is 0 Å². The monoisotopic (exact) mass is 494 g/mol. The lowest BCUT2D eigenvalue weighted by Gasteiger charge is -2.28. The predicted octanol–water partition coefficient (Wildman–Crippen LogP) is 2.58. The molecule has 1 aromatic heterocycles. The van der Waals surface area contributed by atoms with E-state index in [0.29, 0.717) is 41.4 Å². The van der Waals surface area contributed by atoms with Crippen LogP contribution in [-0.2, 0) is 4.74 Å². The van der Waals surface area contributed by atoms with Crippen molar-refractivity contribution in [1.82, 2.24) is 14.7 Å². The fourth-order valence-corrected chi connectivity index (χ4v) is 5.39. The first kappa shape index (κ1) is 20.9. The quantitative estimate of drug-likeness (QED) is 0.550. The van der Waals surface area contributed by atoms with Gasteiger partial charge < -0.3 is 9.64 Å². The SMILES string of the molecule is O=C(c1nn(-c2ccccc2)cc1NS([OH2+])([OH2+])c1ccccc1Br)N1CCOCC1. The van der Waals surface area contributed by atoms with Crippen LogP contribution < -0.4 is 4.72 Å². The van der Waals surface area contributed by atoms with Crippen molar-refractivity contribution in [2.24, 2.45) is 0 Å². The van der Waals surface area contributed by atoms with Crippen molar-refractivity contribution >= 4 is 38.3 Å². The third kappa shape index (κ3) is 4.37. The highest BCUT2D eigenvalue weighted by Crippen LogP contribution is 2.51. The lowest BCUT2D eigenvalue weighted by Crippen LogP contribution is -2.41. The molecule has 3 aromatic rings. The second-order valence-electron chi connectivity index (χ2n) is 6.72. The molecule has 0 bridgehead atoms. The summed E-state index contributed by atoms with van der Waals surface area (Å²) in [4.78, 5) is 15.4. The number of amides is 1. The second kappa shape index (κ2) is 8.78. The first-order valence-corrected chi connectivity index (χ1v) is 11.8. The van der Waals surface area contributed by atoms with E-state index in [1.54, 1.807) is 34.0 Å². The van der Waals surface area contributed by atoms with E-state index >= 15 is 0 Å². The van der Waals surface area contributed by atoms with Crippen molar-refractivity contribution in [3.8, 4) is 5.69 Å². The summed E-state index contributed by atoms with van der Waals surface area (Å²) in [5.74, 6) is -0.238. The Morgan fingerprint density at radius 3 is 2.43 bits per heavy atom. The summed E-state index contributed by atoms with van der Waals surface area (Å²) in [7, 11) is -2.95. The lowest BCUT2D eigenvalue weighted by atomic mass is 10.3. The number of hydrogen-bond donors (Lipinski definition) is 1. The highest BCUT2D eigenvalue weighted by Gasteiger charge is 2.32. The van der Waals surface area contributed by atoms with E-state index in [1.807, 2.05) is 36.4 Å². The molecule has 1 aliphatic rings. The number of para-hydroxylation sites is 1. The molecule has 0 unspecified atom stereocenters. The number of carbonyl (C=O) groups is 1. The van der Waals surface area contributed by atoms with E-state index in [0.717, 1.165) is 5.69 Å². The smallest absolute Gasteiger partial charge is 0.276 e. The molecule has 30 heavy (non-hydrogen) atoms. The molecular weight excluding hydrogens is 472 g/mol. The fourth-order valence-electron chi connectivity index (χ4n) is 3.15. The number of anilines is 1. The van der Waals surface area contributed by atoms with Crippen LogP contribution in [-0.4, -0.2) is 56.0 Å². The first-order valence-electron chi connectivity index (χ1n) is 9.33. The van der Waals surface area contributed by atoms with Crippen LogP contribution in [0.15, 0.2) is 70.2 Å². The number of nitrogens with one attached hydrogen (secondary N) is 1. The predicted molar refractivity (Wildman–Crippen MR) is 121 cm³/mol. The van der Waals surface area contributed by atoms with Gasteiger partial charge in [-0.25, -0.2) is 9.40 Å². The summed E-state index contributed by atoms with van der Waals surface area (Å²) in [5, 5.41) is 4.51. The Morgan fingerprint density at radius 2 is 1.73 bits per heavy atom. The van der Waals surface area contributed by atoms with Crippen molar-refractivity contribution in [3.05, 3.63) is 71.0 Å². The van der Waals surface area contributed by atoms with Gasteiger partial charge in [0.15, 0.2) is 10.6 Å². The largest absolute Gasteiger partial charge is 0.378 e. The number of aromatic nitrogens is 2. The normalized spacial score (nSPS) is 15.1. The number of carbonyl (C=O) groups excluding carboxylic acids is 1. The second-order valence-corrected chi connectivity index (χ2v) is 9.44. The van der Waals surface area contributed by atoms with Crippen LogP contribution in [0.3, 0.4) is 0 Å². The minimum Gasteiger partial charge on any atom is -0.378 e. The molecule has 1 saturated heterocycles. The summed E-state index contributed by atoms with van der Waals surface area (Å²) in [6.45, 7) is 1.94. The maximum atomic E-state index is 13.2. The number of hydrogen-bond acceptors (Lipinski definition) is 4. The minimum absolute atomic E-state index is 0.198. The van der Waals surface area contributed by atoms with Crippen molar-refractivity contribution < 1.29 is 18.6 Å². The van der Waals surface area contributed by atoms with E-state index in [9.17, 15) is 4.79 Å². The van der Waals surface area contributed by atoms with Gasteiger partial charge in [-0.15, -0.1) is 0 Å². The van der Waals surface area contributed by atoms with E-state index in [4.69, 9.17) is 13.8 Å². The zero-order valence-corrected chi connectivity index (χ0v) is 18.4. The number of nitrogens with zero attached hydrogens (tertiary/aromatic N) is 3. The third-order valence-corrected chi connectivity index (χ3v) is 7.16. The van der Waals surface area contributed by atoms with E-state index < -0.39 is 10.8 Å². The molecule has 4 rings (SSSR count). The molecule has 0 aliphatic carbocycles. The molecule has 1 fully saturated rings. The summed E-state index contributed by atoms with van der Waals surface area (Å²) in [6.07, 6.45) is 1.67. The summed E-state index contributed by atoms with van der Waals surface area (Å²) < 4.78 is 27.9. The third-order valence-electron chi connectivity index (χ3n) is 4.67. The molecule has 0 radical (unpaired) electrons. The van der Waals surface area contributed by atoms with Crippen LogP contribution in [0.25, 0.3) is 5.69 Å². The van der Waals surface area contributed by atoms with Crippen molar-refractivity contribution in [3.63, 3.8) is 0 Å². The van der Waals surface area contributed by atoms with Crippen molar-refractivity contribution in [1.29, 1.82) is 0 Å². The number of benzene rings is 2. The summed E-state index contributed by atoms with van der Waals surface area (Å²) in [5.41, 5.74) is 1.35. The molecule has 158 valence electrons. The topological polar surface area (TPSA) is 105 Å². The molecule has 5 N–H and O–H groups in total. The molecule has 10 heteroatoms. The van der Waals surface area contributed by atoms with Crippen LogP contribution in [0.5, 0.6) is 0 Å². The Kier molecular flexibility index (Phi) is 6.11. The molecule has 1 amide bonds. The Morgan fingerprint density at radius 1 is 1.07 bits per heavy atom. The van der Waals surface area contributed by atoms with Crippen LogP contribution >= 0.6 is 26.7 Å². The van der Waals surface area contributed by atoms with Gasteiger partial charge in [-0.3, -0.25) is 13.9 Å². The first-order chi connectivity index (χ1) is 14.5. The van der Waals surface area contributed by atoms with Crippen LogP contribution in [0.1, 0.15) is 10.5 Å². The maximum absolute atomic E-state index is 13.2. The number of rotatable bonds is 5. The average Bonchev–Trinajstić information content (AvgIpc) is 3.17. The molecule has 0 atom stereocenters. The minimum atomic E-state index is -2.95. The van der Waals surface area contributed by atoms with Crippen LogP contribution in [0.2, 0.25) is 0 Å². The molecule has 0 saturated carbocycles. The Hall–Kier alpha value is -2.37. The van der Waals surface area contributed by atoms with Gasteiger partial charge in [-0.1, -0.05) is 30.3 Å². The van der Waals surface area contributed by atoms with Crippen LogP contribution in [0, 0.1) is 0 Å². The highest BCUT2D eigenvalue weighted by atomic mass is 79.9. The fraction of sp³-hybridized carbons (Fsp3) is 0.200. The molecule has 2 heterocycles. The number of morpholine rings is 1. The molecule has 8 nitrogen and oxygen atoms in total. The van der Waals surface area contributed by atoms with Gasteiger partial charge in [0.2, 0.25) is 0 Å². The van der Waals surface area contributed by atoms with Crippen LogP contribution in [0.4, 0.5) is 5.69 Å². The number of ether oxygens (including phenoxy) is 1. The Balaban J connectivity index is 1.72. The standard InChI is InChI=1S/C20H21BrN4O4S/c21-16-8-4-5-9-18(16)30(27,28)23-17-14-25(15-6-2-1-3-7-15)22-19(17)20(26)24-10-12-29-13-11-24/h1-9,14,23,27-28H,10-13H2/p+2. The van der Waals surface area contributed by atoms with Gasteiger partial charge in [0.1, 0.15) is 5.69 Å². The molecular formula is C20H23BrN4O4S+2. The Labute approximate surface area is 184 Å². The molecule has 1 aliphatic heterocycles. The van der Waals surface area contributed by atoms with E-state index in [-0.39, 0.29) is 11.6 Å².